The minimum atomic E-state index is -0.234. The summed E-state index contributed by atoms with van der Waals surface area (Å²) >= 11 is 12.0. The summed E-state index contributed by atoms with van der Waals surface area (Å²) in [6.07, 6.45) is 1.04. The van der Waals surface area contributed by atoms with Crippen LogP contribution in [-0.4, -0.2) is 6.54 Å². The lowest BCUT2D eigenvalue weighted by atomic mass is 9.99. The average Bonchev–Trinajstić information content (AvgIpc) is 2.43. The van der Waals surface area contributed by atoms with E-state index in [1.165, 1.54) is 6.07 Å². The van der Waals surface area contributed by atoms with Crippen LogP contribution in [0.15, 0.2) is 36.4 Å². The van der Waals surface area contributed by atoms with Gasteiger partial charge in [0.15, 0.2) is 0 Å². The van der Waals surface area contributed by atoms with E-state index in [9.17, 15) is 4.39 Å². The van der Waals surface area contributed by atoms with E-state index in [2.05, 4.69) is 12.2 Å². The highest BCUT2D eigenvalue weighted by Crippen LogP contribution is 2.30. The predicted molar refractivity (Wildman–Crippen MR) is 83.9 cm³/mol. The molecule has 0 aliphatic heterocycles. The highest BCUT2D eigenvalue weighted by atomic mass is 35.5. The lowest BCUT2D eigenvalue weighted by molar-refractivity contribution is 0.619. The highest BCUT2D eigenvalue weighted by Gasteiger charge is 2.08. The Bertz CT molecular complexity index is 599. The van der Waals surface area contributed by atoms with Crippen LogP contribution >= 0.6 is 23.2 Å². The van der Waals surface area contributed by atoms with Crippen molar-refractivity contribution in [2.24, 2.45) is 0 Å². The third kappa shape index (κ3) is 3.72. The molecule has 0 saturated heterocycles. The second kappa shape index (κ2) is 7.07. The van der Waals surface area contributed by atoms with E-state index in [0.717, 1.165) is 29.7 Å². The zero-order valence-electron chi connectivity index (χ0n) is 11.2. The molecule has 0 bridgehead atoms. The lowest BCUT2D eigenvalue weighted by Gasteiger charge is -2.11. The van der Waals surface area contributed by atoms with Crippen molar-refractivity contribution < 1.29 is 4.39 Å². The lowest BCUT2D eigenvalue weighted by Crippen LogP contribution is -2.14. The molecule has 20 heavy (non-hydrogen) atoms. The number of rotatable bonds is 5. The van der Waals surface area contributed by atoms with Crippen LogP contribution in [0.4, 0.5) is 4.39 Å². The first-order valence-corrected chi connectivity index (χ1v) is 7.32. The molecule has 2 rings (SSSR count). The Balaban J connectivity index is 2.36. The second-order valence-electron chi connectivity index (χ2n) is 4.61. The number of hydrogen-bond donors (Lipinski definition) is 1. The summed E-state index contributed by atoms with van der Waals surface area (Å²) in [5, 5.41) is 4.31. The predicted octanol–water partition coefficient (Wildman–Crippen LogP) is 5.30. The maximum absolute atomic E-state index is 13.4. The first-order chi connectivity index (χ1) is 9.61. The van der Waals surface area contributed by atoms with Crippen LogP contribution < -0.4 is 5.32 Å². The molecule has 0 aliphatic carbocycles. The maximum Gasteiger partial charge on any atom is 0.123 e. The number of hydrogen-bond acceptors (Lipinski definition) is 1. The molecule has 0 radical (unpaired) electrons. The Labute approximate surface area is 128 Å². The molecule has 0 heterocycles. The molecule has 0 aromatic heterocycles. The molecule has 0 atom stereocenters. The molecule has 106 valence electrons. The fourth-order valence-electron chi connectivity index (χ4n) is 2.05. The van der Waals surface area contributed by atoms with Crippen LogP contribution in [0.2, 0.25) is 10.0 Å². The summed E-state index contributed by atoms with van der Waals surface area (Å²) < 4.78 is 13.4. The van der Waals surface area contributed by atoms with Crippen LogP contribution in [0.1, 0.15) is 18.9 Å². The van der Waals surface area contributed by atoms with Crippen molar-refractivity contribution in [2.75, 3.05) is 6.54 Å². The standard InChI is InChI=1S/C16H16Cl2FN/c1-2-7-20-10-12-8-13(19)4-5-14(12)11-3-6-15(17)16(18)9-11/h3-6,8-9,20H,2,7,10H2,1H3. The molecular formula is C16H16Cl2FN. The summed E-state index contributed by atoms with van der Waals surface area (Å²) in [5.41, 5.74) is 2.82. The Morgan fingerprint density at radius 3 is 2.55 bits per heavy atom. The molecule has 0 aliphatic rings. The van der Waals surface area contributed by atoms with Gasteiger partial charge in [-0.1, -0.05) is 42.3 Å². The first kappa shape index (κ1) is 15.3. The molecule has 0 amide bonds. The van der Waals surface area contributed by atoms with Gasteiger partial charge in [-0.15, -0.1) is 0 Å². The summed E-state index contributed by atoms with van der Waals surface area (Å²) in [7, 11) is 0. The van der Waals surface area contributed by atoms with E-state index >= 15 is 0 Å². The van der Waals surface area contributed by atoms with Crippen molar-refractivity contribution in [1.29, 1.82) is 0 Å². The van der Waals surface area contributed by atoms with Gasteiger partial charge in [0, 0.05) is 6.54 Å². The van der Waals surface area contributed by atoms with E-state index in [4.69, 9.17) is 23.2 Å². The van der Waals surface area contributed by atoms with Gasteiger partial charge < -0.3 is 5.32 Å². The summed E-state index contributed by atoms with van der Waals surface area (Å²) in [6, 6.07) is 10.2. The van der Waals surface area contributed by atoms with E-state index in [-0.39, 0.29) is 5.82 Å². The normalized spacial score (nSPS) is 10.8. The van der Waals surface area contributed by atoms with Crippen LogP contribution in [0.25, 0.3) is 11.1 Å². The summed E-state index contributed by atoms with van der Waals surface area (Å²) in [6.45, 7) is 3.62. The largest absolute Gasteiger partial charge is 0.313 e. The Hall–Kier alpha value is -1.09. The Kier molecular flexibility index (Phi) is 5.41. The van der Waals surface area contributed by atoms with Crippen LogP contribution in [0, 0.1) is 5.82 Å². The SMILES string of the molecule is CCCNCc1cc(F)ccc1-c1ccc(Cl)c(Cl)c1. The Morgan fingerprint density at radius 2 is 1.85 bits per heavy atom. The van der Waals surface area contributed by atoms with Crippen molar-refractivity contribution in [3.63, 3.8) is 0 Å². The smallest absolute Gasteiger partial charge is 0.123 e. The van der Waals surface area contributed by atoms with Gasteiger partial charge in [0.2, 0.25) is 0 Å². The van der Waals surface area contributed by atoms with Crippen LogP contribution in [0.5, 0.6) is 0 Å². The van der Waals surface area contributed by atoms with Crippen LogP contribution in [-0.2, 0) is 6.54 Å². The molecule has 2 aromatic carbocycles. The van der Waals surface area contributed by atoms with Gasteiger partial charge in [-0.25, -0.2) is 4.39 Å². The summed E-state index contributed by atoms with van der Waals surface area (Å²) in [4.78, 5) is 0. The molecular weight excluding hydrogens is 296 g/mol. The van der Waals surface area contributed by atoms with Gasteiger partial charge in [0.05, 0.1) is 10.0 Å². The number of nitrogens with one attached hydrogen (secondary N) is 1. The van der Waals surface area contributed by atoms with Gasteiger partial charge in [0.1, 0.15) is 5.82 Å². The van der Waals surface area contributed by atoms with Crippen molar-refractivity contribution >= 4 is 23.2 Å². The van der Waals surface area contributed by atoms with Gasteiger partial charge in [-0.2, -0.15) is 0 Å². The number of benzene rings is 2. The average molecular weight is 312 g/mol. The monoisotopic (exact) mass is 311 g/mol. The Morgan fingerprint density at radius 1 is 1.05 bits per heavy atom. The van der Waals surface area contributed by atoms with Crippen molar-refractivity contribution in [2.45, 2.75) is 19.9 Å². The quantitative estimate of drug-likeness (QED) is 0.739. The molecule has 4 heteroatoms. The van der Waals surface area contributed by atoms with Gasteiger partial charge in [-0.3, -0.25) is 0 Å². The minimum Gasteiger partial charge on any atom is -0.313 e. The second-order valence-corrected chi connectivity index (χ2v) is 5.42. The minimum absolute atomic E-state index is 0.234. The molecule has 1 N–H and O–H groups in total. The van der Waals surface area contributed by atoms with Crippen molar-refractivity contribution in [3.05, 3.63) is 57.8 Å². The fraction of sp³-hybridized carbons (Fsp3) is 0.250. The summed E-state index contributed by atoms with van der Waals surface area (Å²) in [5.74, 6) is -0.234. The number of halogens is 3. The molecule has 0 unspecified atom stereocenters. The third-order valence-electron chi connectivity index (χ3n) is 3.04. The third-order valence-corrected chi connectivity index (χ3v) is 3.78. The van der Waals surface area contributed by atoms with Gasteiger partial charge >= 0.3 is 0 Å². The molecule has 1 nitrogen and oxygen atoms in total. The molecule has 0 fully saturated rings. The van der Waals surface area contributed by atoms with Crippen molar-refractivity contribution in [1.82, 2.24) is 5.32 Å². The highest BCUT2D eigenvalue weighted by molar-refractivity contribution is 6.42. The zero-order chi connectivity index (χ0) is 14.5. The van der Waals surface area contributed by atoms with Crippen LogP contribution in [0.3, 0.4) is 0 Å². The maximum atomic E-state index is 13.4. The zero-order valence-corrected chi connectivity index (χ0v) is 12.7. The van der Waals surface area contributed by atoms with Gasteiger partial charge in [-0.05, 0) is 53.9 Å². The first-order valence-electron chi connectivity index (χ1n) is 6.56. The van der Waals surface area contributed by atoms with Crippen molar-refractivity contribution in [3.8, 4) is 11.1 Å². The van der Waals surface area contributed by atoms with E-state index in [1.54, 1.807) is 24.3 Å². The van der Waals surface area contributed by atoms with E-state index in [0.29, 0.717) is 16.6 Å². The molecule has 2 aromatic rings. The topological polar surface area (TPSA) is 12.0 Å². The molecule has 0 saturated carbocycles. The van der Waals surface area contributed by atoms with E-state index < -0.39 is 0 Å². The fourth-order valence-corrected chi connectivity index (χ4v) is 2.35. The molecule has 0 spiro atoms. The van der Waals surface area contributed by atoms with E-state index in [1.807, 2.05) is 6.07 Å². The van der Waals surface area contributed by atoms with Gasteiger partial charge in [0.25, 0.3) is 0 Å².